The summed E-state index contributed by atoms with van der Waals surface area (Å²) in [6.07, 6.45) is 3.93. The fraction of sp³-hybridized carbons (Fsp3) is 0.0833. The minimum Gasteiger partial charge on any atom is -0.477 e. The van der Waals surface area contributed by atoms with E-state index in [2.05, 4.69) is 20.3 Å². The normalized spacial score (nSPS) is 10.1. The summed E-state index contributed by atoms with van der Waals surface area (Å²) in [7, 11) is 0. The first-order chi connectivity index (χ1) is 9.56. The number of amides is 1. The van der Waals surface area contributed by atoms with E-state index in [1.165, 1.54) is 24.7 Å². The van der Waals surface area contributed by atoms with Crippen LogP contribution in [-0.2, 0) is 6.54 Å². The summed E-state index contributed by atoms with van der Waals surface area (Å²) in [6, 6.07) is 2.94. The number of halogens is 1. The summed E-state index contributed by atoms with van der Waals surface area (Å²) in [5.74, 6) is -1.51. The highest BCUT2D eigenvalue weighted by atomic mass is 35.5. The zero-order chi connectivity index (χ0) is 14.5. The molecule has 0 saturated carbocycles. The summed E-state index contributed by atoms with van der Waals surface area (Å²) in [5.41, 5.74) is 0.762. The Labute approximate surface area is 118 Å². The fourth-order valence-electron chi connectivity index (χ4n) is 1.36. The first-order valence-corrected chi connectivity index (χ1v) is 5.88. The predicted octanol–water partition coefficient (Wildman–Crippen LogP) is 1.15. The lowest BCUT2D eigenvalue weighted by molar-refractivity contribution is 0.0690. The smallest absolute Gasteiger partial charge is 0.354 e. The van der Waals surface area contributed by atoms with Gasteiger partial charge in [-0.3, -0.25) is 4.79 Å². The topological polar surface area (TPSA) is 105 Å². The average molecular weight is 293 g/mol. The van der Waals surface area contributed by atoms with Gasteiger partial charge in [-0.25, -0.2) is 19.7 Å². The van der Waals surface area contributed by atoms with Crippen LogP contribution in [0.4, 0.5) is 0 Å². The van der Waals surface area contributed by atoms with Crippen molar-refractivity contribution in [3.8, 4) is 0 Å². The molecule has 0 spiro atoms. The van der Waals surface area contributed by atoms with Gasteiger partial charge in [0.2, 0.25) is 0 Å². The molecule has 2 N–H and O–H groups in total. The lowest BCUT2D eigenvalue weighted by atomic mass is 10.2. The zero-order valence-electron chi connectivity index (χ0n) is 10.1. The van der Waals surface area contributed by atoms with E-state index in [0.717, 1.165) is 0 Å². The van der Waals surface area contributed by atoms with Crippen molar-refractivity contribution in [1.29, 1.82) is 0 Å². The number of aromatic nitrogens is 3. The molecule has 2 aromatic heterocycles. The molecular formula is C12H9ClN4O3. The van der Waals surface area contributed by atoms with E-state index in [4.69, 9.17) is 16.7 Å². The highest BCUT2D eigenvalue weighted by molar-refractivity contribution is 6.29. The Morgan fingerprint density at radius 3 is 2.40 bits per heavy atom. The summed E-state index contributed by atoms with van der Waals surface area (Å²) in [4.78, 5) is 33.7. The Hall–Kier alpha value is -2.54. The molecule has 0 aromatic carbocycles. The SMILES string of the molecule is O=C(O)c1ccc(CNC(=O)c2cnc(Cl)cn2)cn1. The van der Waals surface area contributed by atoms with Crippen LogP contribution >= 0.6 is 11.6 Å². The lowest BCUT2D eigenvalue weighted by Crippen LogP contribution is -2.24. The first-order valence-electron chi connectivity index (χ1n) is 5.50. The van der Waals surface area contributed by atoms with E-state index >= 15 is 0 Å². The van der Waals surface area contributed by atoms with E-state index in [9.17, 15) is 9.59 Å². The second-order valence-electron chi connectivity index (χ2n) is 3.76. The number of carbonyl (C=O) groups is 2. The van der Waals surface area contributed by atoms with Crippen molar-refractivity contribution < 1.29 is 14.7 Å². The number of hydrogen-bond acceptors (Lipinski definition) is 5. The number of carbonyl (C=O) groups excluding carboxylic acids is 1. The molecular weight excluding hydrogens is 284 g/mol. The van der Waals surface area contributed by atoms with Crippen LogP contribution in [0.5, 0.6) is 0 Å². The van der Waals surface area contributed by atoms with Gasteiger partial charge in [0, 0.05) is 12.7 Å². The first kappa shape index (κ1) is 13.9. The number of pyridine rings is 1. The Morgan fingerprint density at radius 2 is 1.85 bits per heavy atom. The highest BCUT2D eigenvalue weighted by Gasteiger charge is 2.08. The Kier molecular flexibility index (Phi) is 4.21. The second-order valence-corrected chi connectivity index (χ2v) is 4.15. The molecule has 0 radical (unpaired) electrons. The van der Waals surface area contributed by atoms with E-state index in [-0.39, 0.29) is 23.1 Å². The Balaban J connectivity index is 1.96. The summed E-state index contributed by atoms with van der Waals surface area (Å²) >= 11 is 5.57. The molecule has 0 saturated heterocycles. The minimum atomic E-state index is -1.10. The molecule has 0 atom stereocenters. The highest BCUT2D eigenvalue weighted by Crippen LogP contribution is 2.03. The molecule has 0 aliphatic heterocycles. The molecule has 8 heteroatoms. The molecule has 7 nitrogen and oxygen atoms in total. The van der Waals surface area contributed by atoms with Crippen molar-refractivity contribution in [2.75, 3.05) is 0 Å². The van der Waals surface area contributed by atoms with Gasteiger partial charge in [-0.1, -0.05) is 17.7 Å². The summed E-state index contributed by atoms with van der Waals surface area (Å²) in [5, 5.41) is 11.5. The number of aromatic carboxylic acids is 1. The molecule has 20 heavy (non-hydrogen) atoms. The average Bonchev–Trinajstić information content (AvgIpc) is 2.46. The van der Waals surface area contributed by atoms with Crippen molar-refractivity contribution in [2.45, 2.75) is 6.54 Å². The number of nitrogens with one attached hydrogen (secondary N) is 1. The summed E-state index contributed by atoms with van der Waals surface area (Å²) in [6.45, 7) is 0.204. The van der Waals surface area contributed by atoms with Crippen molar-refractivity contribution in [2.24, 2.45) is 0 Å². The molecule has 2 rings (SSSR count). The van der Waals surface area contributed by atoms with Gasteiger partial charge in [-0.05, 0) is 11.6 Å². The Morgan fingerprint density at radius 1 is 1.10 bits per heavy atom. The van der Waals surface area contributed by atoms with Crippen LogP contribution in [0.15, 0.2) is 30.7 Å². The predicted molar refractivity (Wildman–Crippen MR) is 69.4 cm³/mol. The maximum atomic E-state index is 11.7. The lowest BCUT2D eigenvalue weighted by Gasteiger charge is -2.04. The van der Waals surface area contributed by atoms with Gasteiger partial charge in [-0.2, -0.15) is 0 Å². The van der Waals surface area contributed by atoms with E-state index in [1.54, 1.807) is 6.07 Å². The molecule has 0 aliphatic rings. The number of nitrogens with zero attached hydrogens (tertiary/aromatic N) is 3. The van der Waals surface area contributed by atoms with Crippen LogP contribution in [0.2, 0.25) is 5.15 Å². The molecule has 102 valence electrons. The third-order valence-electron chi connectivity index (χ3n) is 2.35. The molecule has 0 bridgehead atoms. The van der Waals surface area contributed by atoms with Crippen molar-refractivity contribution in [3.05, 3.63) is 52.8 Å². The number of carboxylic acid groups (broad SMARTS) is 1. The quantitative estimate of drug-likeness (QED) is 0.876. The van der Waals surface area contributed by atoms with E-state index in [0.29, 0.717) is 5.56 Å². The molecule has 1 amide bonds. The molecule has 0 aliphatic carbocycles. The van der Waals surface area contributed by atoms with Crippen LogP contribution in [-0.4, -0.2) is 31.9 Å². The third kappa shape index (κ3) is 3.48. The fourth-order valence-corrected chi connectivity index (χ4v) is 1.46. The van der Waals surface area contributed by atoms with Crippen LogP contribution in [0.3, 0.4) is 0 Å². The number of carboxylic acids is 1. The van der Waals surface area contributed by atoms with Gasteiger partial charge in [0.05, 0.1) is 12.4 Å². The zero-order valence-corrected chi connectivity index (χ0v) is 10.8. The van der Waals surface area contributed by atoms with Gasteiger partial charge in [0.25, 0.3) is 5.91 Å². The van der Waals surface area contributed by atoms with E-state index in [1.807, 2.05) is 0 Å². The maximum absolute atomic E-state index is 11.7. The van der Waals surface area contributed by atoms with Gasteiger partial charge < -0.3 is 10.4 Å². The van der Waals surface area contributed by atoms with Crippen molar-refractivity contribution in [3.63, 3.8) is 0 Å². The monoisotopic (exact) mass is 292 g/mol. The van der Waals surface area contributed by atoms with Gasteiger partial charge >= 0.3 is 5.97 Å². The molecule has 0 fully saturated rings. The van der Waals surface area contributed by atoms with Crippen LogP contribution in [0, 0.1) is 0 Å². The van der Waals surface area contributed by atoms with Crippen LogP contribution < -0.4 is 5.32 Å². The van der Waals surface area contributed by atoms with Crippen molar-refractivity contribution >= 4 is 23.5 Å². The molecule has 2 aromatic rings. The standard InChI is InChI=1S/C12H9ClN4O3/c13-10-6-15-9(5-16-10)11(18)17-4-7-1-2-8(12(19)20)14-3-7/h1-3,5-6H,4H2,(H,17,18)(H,19,20). The third-order valence-corrected chi connectivity index (χ3v) is 2.55. The number of hydrogen-bond donors (Lipinski definition) is 2. The van der Waals surface area contributed by atoms with Crippen LogP contribution in [0.25, 0.3) is 0 Å². The molecule has 0 unspecified atom stereocenters. The van der Waals surface area contributed by atoms with Gasteiger partial charge in [-0.15, -0.1) is 0 Å². The molecule has 2 heterocycles. The second kappa shape index (κ2) is 6.07. The van der Waals surface area contributed by atoms with Crippen molar-refractivity contribution in [1.82, 2.24) is 20.3 Å². The summed E-state index contributed by atoms with van der Waals surface area (Å²) < 4.78 is 0. The van der Waals surface area contributed by atoms with E-state index < -0.39 is 11.9 Å². The van der Waals surface area contributed by atoms with Crippen LogP contribution in [0.1, 0.15) is 26.5 Å². The van der Waals surface area contributed by atoms with Gasteiger partial charge in [0.1, 0.15) is 16.5 Å². The maximum Gasteiger partial charge on any atom is 0.354 e. The Bertz CT molecular complexity index is 628. The largest absolute Gasteiger partial charge is 0.477 e. The van der Waals surface area contributed by atoms with Gasteiger partial charge in [0.15, 0.2) is 0 Å². The number of rotatable bonds is 4. The minimum absolute atomic E-state index is 0.0522.